The van der Waals surface area contributed by atoms with Crippen LogP contribution >= 0.6 is 23.2 Å². The Bertz CT molecular complexity index is 772. The lowest BCUT2D eigenvalue weighted by Gasteiger charge is -2.04. The zero-order valence-corrected chi connectivity index (χ0v) is 11.2. The molecule has 7 nitrogen and oxygen atoms in total. The van der Waals surface area contributed by atoms with Crippen LogP contribution in [0.3, 0.4) is 0 Å². The molecule has 1 heterocycles. The topological polar surface area (TPSA) is 112 Å². The van der Waals surface area contributed by atoms with E-state index in [1.54, 1.807) is 0 Å². The monoisotopic (exact) mass is 315 g/mol. The molecule has 3 N–H and O–H groups in total. The highest BCUT2D eigenvalue weighted by Gasteiger charge is 2.15. The molecule has 1 aromatic carbocycles. The van der Waals surface area contributed by atoms with Crippen molar-refractivity contribution in [3.63, 3.8) is 0 Å². The third kappa shape index (κ3) is 2.89. The molecule has 0 fully saturated rings. The van der Waals surface area contributed by atoms with Crippen LogP contribution in [0.1, 0.15) is 10.5 Å². The second-order valence-corrected chi connectivity index (χ2v) is 4.59. The van der Waals surface area contributed by atoms with E-state index in [-0.39, 0.29) is 15.6 Å². The third-order valence-electron chi connectivity index (χ3n) is 2.35. The van der Waals surface area contributed by atoms with E-state index in [9.17, 15) is 14.4 Å². The first-order valence-electron chi connectivity index (χ1n) is 5.27. The van der Waals surface area contributed by atoms with Crippen molar-refractivity contribution < 1.29 is 14.7 Å². The molecule has 1 amide bonds. The molecule has 0 aliphatic heterocycles. The summed E-state index contributed by atoms with van der Waals surface area (Å²) in [6.45, 7) is -0.612. The Morgan fingerprint density at radius 1 is 1.30 bits per heavy atom. The maximum absolute atomic E-state index is 11.7. The van der Waals surface area contributed by atoms with Crippen LogP contribution in [0.5, 0.6) is 0 Å². The fourth-order valence-corrected chi connectivity index (χ4v) is 1.80. The molecular formula is C11H7Cl2N3O4. The number of aliphatic carboxylic acids is 1. The van der Waals surface area contributed by atoms with Gasteiger partial charge < -0.3 is 15.4 Å². The zero-order valence-electron chi connectivity index (χ0n) is 9.74. The Morgan fingerprint density at radius 2 is 1.95 bits per heavy atom. The minimum absolute atomic E-state index is 0.218. The minimum Gasteiger partial charge on any atom is -0.480 e. The summed E-state index contributed by atoms with van der Waals surface area (Å²) in [7, 11) is 0. The van der Waals surface area contributed by atoms with Crippen molar-refractivity contribution in [2.75, 3.05) is 6.54 Å². The van der Waals surface area contributed by atoms with Crippen LogP contribution in [0.15, 0.2) is 16.9 Å². The molecule has 0 aliphatic carbocycles. The summed E-state index contributed by atoms with van der Waals surface area (Å²) in [5.41, 5.74) is -0.616. The predicted molar refractivity (Wildman–Crippen MR) is 72.4 cm³/mol. The van der Waals surface area contributed by atoms with Gasteiger partial charge in [-0.25, -0.2) is 4.98 Å². The normalized spacial score (nSPS) is 10.5. The van der Waals surface area contributed by atoms with Gasteiger partial charge in [0.1, 0.15) is 6.54 Å². The van der Waals surface area contributed by atoms with E-state index >= 15 is 0 Å². The Morgan fingerprint density at radius 3 is 2.60 bits per heavy atom. The number of carbonyl (C=O) groups is 2. The molecule has 0 aliphatic rings. The molecule has 104 valence electrons. The summed E-state index contributed by atoms with van der Waals surface area (Å²) in [4.78, 5) is 40.0. The summed E-state index contributed by atoms with van der Waals surface area (Å²) in [6, 6.07) is 2.80. The van der Waals surface area contributed by atoms with Crippen molar-refractivity contribution in [3.8, 4) is 0 Å². The van der Waals surface area contributed by atoms with E-state index in [0.717, 1.165) is 0 Å². The van der Waals surface area contributed by atoms with Gasteiger partial charge in [-0.2, -0.15) is 0 Å². The SMILES string of the molecule is O=C(O)CNC(=O)c1nc2cc(Cl)c(Cl)cc2[nH]c1=O. The van der Waals surface area contributed by atoms with Crippen LogP contribution in [-0.4, -0.2) is 33.5 Å². The smallest absolute Gasteiger partial charge is 0.322 e. The van der Waals surface area contributed by atoms with E-state index < -0.39 is 29.7 Å². The summed E-state index contributed by atoms with van der Waals surface area (Å²) in [5, 5.41) is 11.0. The van der Waals surface area contributed by atoms with Crippen molar-refractivity contribution in [1.29, 1.82) is 0 Å². The number of carboxylic acids is 1. The van der Waals surface area contributed by atoms with Gasteiger partial charge in [-0.3, -0.25) is 14.4 Å². The van der Waals surface area contributed by atoms with Gasteiger partial charge in [0.05, 0.1) is 21.1 Å². The number of halogens is 2. The molecule has 9 heteroatoms. The van der Waals surface area contributed by atoms with Gasteiger partial charge in [-0.15, -0.1) is 0 Å². The molecule has 0 radical (unpaired) electrons. The largest absolute Gasteiger partial charge is 0.480 e. The Labute approximate surface area is 121 Å². The summed E-state index contributed by atoms with van der Waals surface area (Å²) in [5.74, 6) is -2.12. The standard InChI is InChI=1S/C11H7Cl2N3O4/c12-4-1-6-7(2-5(4)13)16-11(20)9(15-6)10(19)14-3-8(17)18/h1-2H,3H2,(H,14,19)(H,16,20)(H,17,18). The number of aromatic nitrogens is 2. The number of nitrogens with one attached hydrogen (secondary N) is 2. The van der Waals surface area contributed by atoms with Crippen LogP contribution < -0.4 is 10.9 Å². The van der Waals surface area contributed by atoms with E-state index in [0.29, 0.717) is 5.52 Å². The van der Waals surface area contributed by atoms with Crippen molar-refractivity contribution in [2.45, 2.75) is 0 Å². The molecule has 1 aromatic heterocycles. The molecule has 0 atom stereocenters. The molecule has 0 unspecified atom stereocenters. The average molecular weight is 316 g/mol. The quantitative estimate of drug-likeness (QED) is 0.783. The number of H-pyrrole nitrogens is 1. The molecule has 20 heavy (non-hydrogen) atoms. The first kappa shape index (κ1) is 14.3. The number of nitrogens with zero attached hydrogens (tertiary/aromatic N) is 1. The first-order chi connectivity index (χ1) is 9.38. The first-order valence-corrected chi connectivity index (χ1v) is 6.03. The van der Waals surface area contributed by atoms with Crippen molar-refractivity contribution in [3.05, 3.63) is 38.2 Å². The van der Waals surface area contributed by atoms with Gasteiger partial charge >= 0.3 is 5.97 Å². The fourth-order valence-electron chi connectivity index (χ4n) is 1.48. The van der Waals surface area contributed by atoms with E-state index in [2.05, 4.69) is 9.97 Å². The number of hydrogen-bond donors (Lipinski definition) is 3. The number of hydrogen-bond acceptors (Lipinski definition) is 4. The number of rotatable bonds is 3. The number of carbonyl (C=O) groups excluding carboxylic acids is 1. The van der Waals surface area contributed by atoms with E-state index in [4.69, 9.17) is 28.3 Å². The van der Waals surface area contributed by atoms with Gasteiger partial charge in [0, 0.05) is 0 Å². The predicted octanol–water partition coefficient (Wildman–Crippen LogP) is 1.04. The number of fused-ring (bicyclic) bond motifs is 1. The Hall–Kier alpha value is -2.12. The molecule has 2 rings (SSSR count). The summed E-state index contributed by atoms with van der Waals surface area (Å²) >= 11 is 11.6. The highest BCUT2D eigenvalue weighted by atomic mass is 35.5. The van der Waals surface area contributed by atoms with Gasteiger partial charge in [-0.05, 0) is 12.1 Å². The Kier molecular flexibility index (Phi) is 3.91. The van der Waals surface area contributed by atoms with Crippen LogP contribution in [0.25, 0.3) is 11.0 Å². The second-order valence-electron chi connectivity index (χ2n) is 3.77. The molecule has 0 spiro atoms. The highest BCUT2D eigenvalue weighted by Crippen LogP contribution is 2.25. The lowest BCUT2D eigenvalue weighted by atomic mass is 10.3. The summed E-state index contributed by atoms with van der Waals surface area (Å²) < 4.78 is 0. The Balaban J connectivity index is 2.47. The van der Waals surface area contributed by atoms with Crippen LogP contribution in [0.2, 0.25) is 10.0 Å². The van der Waals surface area contributed by atoms with Crippen molar-refractivity contribution >= 4 is 46.1 Å². The van der Waals surface area contributed by atoms with Gasteiger partial charge in [0.15, 0.2) is 5.69 Å². The molecular weight excluding hydrogens is 309 g/mol. The maximum Gasteiger partial charge on any atom is 0.322 e. The van der Waals surface area contributed by atoms with Gasteiger partial charge in [0.2, 0.25) is 0 Å². The highest BCUT2D eigenvalue weighted by molar-refractivity contribution is 6.42. The third-order valence-corrected chi connectivity index (χ3v) is 3.07. The number of carboxylic acid groups (broad SMARTS) is 1. The van der Waals surface area contributed by atoms with E-state index in [1.807, 2.05) is 5.32 Å². The number of benzene rings is 1. The molecule has 0 saturated carbocycles. The lowest BCUT2D eigenvalue weighted by molar-refractivity contribution is -0.135. The van der Waals surface area contributed by atoms with Crippen LogP contribution in [0, 0.1) is 0 Å². The van der Waals surface area contributed by atoms with Crippen molar-refractivity contribution in [1.82, 2.24) is 15.3 Å². The lowest BCUT2D eigenvalue weighted by Crippen LogP contribution is -2.34. The van der Waals surface area contributed by atoms with Gasteiger partial charge in [0.25, 0.3) is 11.5 Å². The van der Waals surface area contributed by atoms with Crippen molar-refractivity contribution in [2.24, 2.45) is 0 Å². The molecule has 2 aromatic rings. The fraction of sp³-hybridized carbons (Fsp3) is 0.0909. The molecule has 0 bridgehead atoms. The number of aromatic amines is 1. The van der Waals surface area contributed by atoms with E-state index in [1.165, 1.54) is 12.1 Å². The maximum atomic E-state index is 11.7. The summed E-state index contributed by atoms with van der Waals surface area (Å²) in [6.07, 6.45) is 0. The van der Waals surface area contributed by atoms with Gasteiger partial charge in [-0.1, -0.05) is 23.2 Å². The van der Waals surface area contributed by atoms with Crippen LogP contribution in [-0.2, 0) is 4.79 Å². The minimum atomic E-state index is -1.23. The second kappa shape index (κ2) is 5.48. The zero-order chi connectivity index (χ0) is 14.9. The number of amides is 1. The molecule has 0 saturated heterocycles. The average Bonchev–Trinajstić information content (AvgIpc) is 2.37. The van der Waals surface area contributed by atoms with Crippen LogP contribution in [0.4, 0.5) is 0 Å².